The second-order valence-electron chi connectivity index (χ2n) is 5.21. The van der Waals surface area contributed by atoms with Gasteiger partial charge in [-0.3, -0.25) is 0 Å². The van der Waals surface area contributed by atoms with Crippen molar-refractivity contribution >= 4 is 15.5 Å². The first-order valence-electron chi connectivity index (χ1n) is 6.78. The molecule has 5 heteroatoms. The highest BCUT2D eigenvalue weighted by molar-refractivity contribution is 7.91. The van der Waals surface area contributed by atoms with Crippen LogP contribution >= 0.6 is 0 Å². The van der Waals surface area contributed by atoms with Crippen LogP contribution in [0.2, 0.25) is 0 Å². The van der Waals surface area contributed by atoms with E-state index in [1.165, 1.54) is 0 Å². The first-order chi connectivity index (χ1) is 8.99. The Labute approximate surface area is 115 Å². The predicted molar refractivity (Wildman–Crippen MR) is 78.1 cm³/mol. The van der Waals surface area contributed by atoms with Crippen molar-refractivity contribution in [1.29, 1.82) is 0 Å². The highest BCUT2D eigenvalue weighted by atomic mass is 32.2. The van der Waals surface area contributed by atoms with Gasteiger partial charge in [0.2, 0.25) is 0 Å². The maximum absolute atomic E-state index is 12.2. The molecular formula is C14H22N2O2S. The van der Waals surface area contributed by atoms with Crippen molar-refractivity contribution in [3.8, 4) is 0 Å². The number of anilines is 1. The Morgan fingerprint density at radius 2 is 2.05 bits per heavy atom. The van der Waals surface area contributed by atoms with E-state index in [2.05, 4.69) is 11.8 Å². The molecule has 4 nitrogen and oxygen atoms in total. The summed E-state index contributed by atoms with van der Waals surface area (Å²) < 4.78 is 24.4. The van der Waals surface area contributed by atoms with E-state index in [0.29, 0.717) is 23.4 Å². The Kier molecular flexibility index (Phi) is 4.16. The Bertz CT molecular complexity index is 542. The minimum Gasteiger partial charge on any atom is -0.367 e. The molecule has 2 atom stereocenters. The lowest BCUT2D eigenvalue weighted by molar-refractivity contribution is 0.579. The summed E-state index contributed by atoms with van der Waals surface area (Å²) >= 11 is 0. The lowest BCUT2D eigenvalue weighted by Crippen LogP contribution is -2.29. The second kappa shape index (κ2) is 5.51. The van der Waals surface area contributed by atoms with Gasteiger partial charge in [0.1, 0.15) is 0 Å². The Hall–Kier alpha value is -1.07. The normalized spacial score (nSPS) is 23.8. The Morgan fingerprint density at radius 3 is 2.63 bits per heavy atom. The van der Waals surface area contributed by atoms with Crippen LogP contribution in [0.5, 0.6) is 0 Å². The zero-order valence-electron chi connectivity index (χ0n) is 11.5. The van der Waals surface area contributed by atoms with E-state index in [4.69, 9.17) is 5.73 Å². The van der Waals surface area contributed by atoms with Crippen LogP contribution in [0.3, 0.4) is 0 Å². The maximum Gasteiger partial charge on any atom is 0.180 e. The van der Waals surface area contributed by atoms with Crippen LogP contribution in [0.25, 0.3) is 0 Å². The van der Waals surface area contributed by atoms with E-state index < -0.39 is 9.84 Å². The lowest BCUT2D eigenvalue weighted by Gasteiger charge is -2.26. The van der Waals surface area contributed by atoms with Crippen molar-refractivity contribution in [2.45, 2.75) is 31.2 Å². The van der Waals surface area contributed by atoms with Crippen LogP contribution in [0.4, 0.5) is 5.69 Å². The fourth-order valence-corrected chi connectivity index (χ4v) is 3.86. The molecule has 1 aliphatic rings. The zero-order chi connectivity index (χ0) is 14.0. The molecule has 19 heavy (non-hydrogen) atoms. The average Bonchev–Trinajstić information content (AvgIpc) is 2.80. The molecule has 106 valence electrons. The summed E-state index contributed by atoms with van der Waals surface area (Å²) in [5.74, 6) is 0.583. The molecule has 0 aliphatic carbocycles. The second-order valence-corrected chi connectivity index (χ2v) is 7.46. The number of nitrogens with zero attached hydrogens (tertiary/aromatic N) is 1. The minimum atomic E-state index is -3.19. The van der Waals surface area contributed by atoms with E-state index in [9.17, 15) is 8.42 Å². The minimum absolute atomic E-state index is 0.131. The molecule has 1 fully saturated rings. The van der Waals surface area contributed by atoms with Crippen LogP contribution in [0.15, 0.2) is 29.2 Å². The van der Waals surface area contributed by atoms with Crippen molar-refractivity contribution in [1.82, 2.24) is 0 Å². The number of nitrogens with two attached hydrogens (primary N) is 1. The van der Waals surface area contributed by atoms with Crippen molar-refractivity contribution in [2.24, 2.45) is 11.7 Å². The van der Waals surface area contributed by atoms with Gasteiger partial charge in [0.05, 0.1) is 16.3 Å². The van der Waals surface area contributed by atoms with Gasteiger partial charge in [-0.15, -0.1) is 0 Å². The zero-order valence-corrected chi connectivity index (χ0v) is 12.4. The summed E-state index contributed by atoms with van der Waals surface area (Å²) in [5.41, 5.74) is 6.57. The molecule has 0 saturated carbocycles. The van der Waals surface area contributed by atoms with Gasteiger partial charge in [-0.2, -0.15) is 0 Å². The smallest absolute Gasteiger partial charge is 0.180 e. The number of para-hydroxylation sites is 1. The van der Waals surface area contributed by atoms with Crippen LogP contribution < -0.4 is 10.6 Å². The molecule has 2 N–H and O–H groups in total. The standard InChI is InChI=1S/C14H22N2O2S/c1-3-19(17,18)14-7-5-4-6-13(14)16-10-12(9-15)8-11(16)2/h4-7,11-12H,3,8-10,15H2,1-2H3. The van der Waals surface area contributed by atoms with Crippen LogP contribution in [0.1, 0.15) is 20.3 Å². The van der Waals surface area contributed by atoms with E-state index in [-0.39, 0.29) is 5.75 Å². The first kappa shape index (κ1) is 14.3. The monoisotopic (exact) mass is 282 g/mol. The highest BCUT2D eigenvalue weighted by Crippen LogP contribution is 2.33. The van der Waals surface area contributed by atoms with Gasteiger partial charge < -0.3 is 10.6 Å². The molecule has 1 heterocycles. The predicted octanol–water partition coefficient (Wildman–Crippen LogP) is 1.65. The molecular weight excluding hydrogens is 260 g/mol. The fourth-order valence-electron chi connectivity index (χ4n) is 2.76. The number of hydrogen-bond acceptors (Lipinski definition) is 4. The summed E-state index contributed by atoms with van der Waals surface area (Å²) in [7, 11) is -3.19. The van der Waals surface area contributed by atoms with Gasteiger partial charge in [-0.05, 0) is 37.9 Å². The van der Waals surface area contributed by atoms with E-state index in [0.717, 1.165) is 18.7 Å². The first-order valence-corrected chi connectivity index (χ1v) is 8.43. The van der Waals surface area contributed by atoms with E-state index >= 15 is 0 Å². The molecule has 0 radical (unpaired) electrons. The largest absolute Gasteiger partial charge is 0.367 e. The van der Waals surface area contributed by atoms with Crippen molar-refractivity contribution in [3.63, 3.8) is 0 Å². The van der Waals surface area contributed by atoms with E-state index in [1.807, 2.05) is 12.1 Å². The summed E-state index contributed by atoms with van der Waals surface area (Å²) in [6.45, 7) is 5.31. The summed E-state index contributed by atoms with van der Waals surface area (Å²) in [6, 6.07) is 7.62. The van der Waals surface area contributed by atoms with Gasteiger partial charge in [0, 0.05) is 12.6 Å². The third-order valence-corrected chi connectivity index (χ3v) is 5.66. The molecule has 0 bridgehead atoms. The van der Waals surface area contributed by atoms with Gasteiger partial charge >= 0.3 is 0 Å². The number of hydrogen-bond donors (Lipinski definition) is 1. The summed E-state index contributed by atoms with van der Waals surface area (Å²) in [4.78, 5) is 2.63. The number of benzene rings is 1. The molecule has 1 aromatic rings. The van der Waals surface area contributed by atoms with Crippen molar-refractivity contribution in [3.05, 3.63) is 24.3 Å². The molecule has 0 spiro atoms. The molecule has 1 saturated heterocycles. The summed E-state index contributed by atoms with van der Waals surface area (Å²) in [5, 5.41) is 0. The summed E-state index contributed by atoms with van der Waals surface area (Å²) in [6.07, 6.45) is 1.02. The molecule has 2 unspecified atom stereocenters. The van der Waals surface area contributed by atoms with Crippen molar-refractivity contribution < 1.29 is 8.42 Å². The fraction of sp³-hybridized carbons (Fsp3) is 0.571. The third kappa shape index (κ3) is 2.77. The van der Waals surface area contributed by atoms with Gasteiger partial charge in [0.15, 0.2) is 9.84 Å². The van der Waals surface area contributed by atoms with E-state index in [1.54, 1.807) is 19.1 Å². The van der Waals surface area contributed by atoms with Crippen LogP contribution in [-0.2, 0) is 9.84 Å². The average molecular weight is 282 g/mol. The topological polar surface area (TPSA) is 63.4 Å². The number of rotatable bonds is 4. The van der Waals surface area contributed by atoms with Gasteiger partial charge in [-0.25, -0.2) is 8.42 Å². The highest BCUT2D eigenvalue weighted by Gasteiger charge is 2.31. The maximum atomic E-state index is 12.2. The third-order valence-electron chi connectivity index (χ3n) is 3.88. The molecule has 1 aliphatic heterocycles. The lowest BCUT2D eigenvalue weighted by atomic mass is 10.1. The molecule has 0 aromatic heterocycles. The van der Waals surface area contributed by atoms with Gasteiger partial charge in [-0.1, -0.05) is 19.1 Å². The molecule has 0 amide bonds. The van der Waals surface area contributed by atoms with Crippen molar-refractivity contribution in [2.75, 3.05) is 23.7 Å². The quantitative estimate of drug-likeness (QED) is 0.912. The SMILES string of the molecule is CCS(=O)(=O)c1ccccc1N1CC(CN)CC1C. The Morgan fingerprint density at radius 1 is 1.37 bits per heavy atom. The Balaban J connectivity index is 2.41. The van der Waals surface area contributed by atoms with Crippen LogP contribution in [0, 0.1) is 5.92 Å². The van der Waals surface area contributed by atoms with Gasteiger partial charge in [0.25, 0.3) is 0 Å². The number of sulfone groups is 1. The molecule has 1 aromatic carbocycles. The molecule has 2 rings (SSSR count). The van der Waals surface area contributed by atoms with Crippen LogP contribution in [-0.4, -0.2) is 33.3 Å².